The van der Waals surface area contributed by atoms with E-state index in [9.17, 15) is 0 Å². The molecule has 38 heavy (non-hydrogen) atoms. The lowest BCUT2D eigenvalue weighted by atomic mass is 9.81. The van der Waals surface area contributed by atoms with Crippen LogP contribution in [0.25, 0.3) is 61.0 Å². The van der Waals surface area contributed by atoms with Crippen molar-refractivity contribution in [3.8, 4) is 28.3 Å². The fraction of sp³-hybridized carbons (Fsp3) is 0.0882. The van der Waals surface area contributed by atoms with E-state index < -0.39 is 0 Å². The molecule has 4 heteroatoms. The van der Waals surface area contributed by atoms with Crippen LogP contribution in [-0.2, 0) is 5.41 Å². The predicted molar refractivity (Wildman–Crippen MR) is 155 cm³/mol. The number of hydrogen-bond acceptors (Lipinski definition) is 3. The van der Waals surface area contributed by atoms with Gasteiger partial charge in [0.25, 0.3) is 0 Å². The van der Waals surface area contributed by atoms with Crippen LogP contribution in [0.1, 0.15) is 25.0 Å². The van der Waals surface area contributed by atoms with Crippen LogP contribution in [0.3, 0.4) is 0 Å². The number of hydrogen-bond donors (Lipinski definition) is 0. The standard InChI is InChI=1S/C34H24N4/c1-34(2)26-13-7-6-12-23(26)24-15-16-25-29-28(17-14-22-11-8-19-35-31(22)29)38(32(25)30(24)34)33-36-20-18-27(37-33)21-9-4-3-5-10-21/h3-20H,1-2H3. The smallest absolute Gasteiger partial charge is 0.235 e. The SMILES string of the molecule is CC1(C)c2ccccc2-c2ccc3c4c5ncccc5ccc4n(-c4nccc(-c5ccccc5)n4)c3c21. The Morgan fingerprint density at radius 3 is 2.42 bits per heavy atom. The normalized spacial score (nSPS) is 13.7. The third-order valence-electron chi connectivity index (χ3n) is 8.09. The monoisotopic (exact) mass is 488 g/mol. The molecule has 180 valence electrons. The maximum atomic E-state index is 5.12. The van der Waals surface area contributed by atoms with Gasteiger partial charge in [0.15, 0.2) is 0 Å². The zero-order chi connectivity index (χ0) is 25.4. The van der Waals surface area contributed by atoms with Gasteiger partial charge < -0.3 is 0 Å². The Bertz CT molecular complexity index is 2050. The predicted octanol–water partition coefficient (Wildman–Crippen LogP) is 8.10. The number of rotatable bonds is 2. The summed E-state index contributed by atoms with van der Waals surface area (Å²) in [7, 11) is 0. The number of benzene rings is 4. The quantitative estimate of drug-likeness (QED) is 0.247. The molecule has 0 spiro atoms. The van der Waals surface area contributed by atoms with Crippen LogP contribution in [0.15, 0.2) is 109 Å². The molecule has 3 aromatic heterocycles. The van der Waals surface area contributed by atoms with E-state index in [1.54, 1.807) is 0 Å². The Balaban J connectivity index is 1.56. The molecule has 0 fully saturated rings. The van der Waals surface area contributed by atoms with E-state index in [-0.39, 0.29) is 5.41 Å². The van der Waals surface area contributed by atoms with Crippen LogP contribution in [-0.4, -0.2) is 19.5 Å². The molecule has 4 aromatic carbocycles. The molecule has 0 atom stereocenters. The second kappa shape index (κ2) is 7.59. The van der Waals surface area contributed by atoms with Gasteiger partial charge >= 0.3 is 0 Å². The van der Waals surface area contributed by atoms with E-state index in [0.717, 1.165) is 38.6 Å². The summed E-state index contributed by atoms with van der Waals surface area (Å²) in [6.45, 7) is 4.66. The molecule has 0 saturated heterocycles. The van der Waals surface area contributed by atoms with Crippen LogP contribution >= 0.6 is 0 Å². The molecule has 0 unspecified atom stereocenters. The van der Waals surface area contributed by atoms with E-state index in [2.05, 4.69) is 85.1 Å². The Morgan fingerprint density at radius 1 is 0.684 bits per heavy atom. The highest BCUT2D eigenvalue weighted by molar-refractivity contribution is 6.21. The second-order valence-corrected chi connectivity index (χ2v) is 10.5. The molecular formula is C34H24N4. The Morgan fingerprint density at radius 2 is 1.53 bits per heavy atom. The van der Waals surface area contributed by atoms with Crippen LogP contribution in [0.5, 0.6) is 0 Å². The van der Waals surface area contributed by atoms with Gasteiger partial charge in [0.05, 0.1) is 22.2 Å². The molecule has 0 saturated carbocycles. The van der Waals surface area contributed by atoms with E-state index in [1.165, 1.54) is 27.6 Å². The molecule has 7 aromatic rings. The first kappa shape index (κ1) is 21.3. The largest absolute Gasteiger partial charge is 0.277 e. The topological polar surface area (TPSA) is 43.6 Å². The molecule has 0 radical (unpaired) electrons. The lowest BCUT2D eigenvalue weighted by molar-refractivity contribution is 0.663. The van der Waals surface area contributed by atoms with Crippen molar-refractivity contribution in [1.82, 2.24) is 19.5 Å². The summed E-state index contributed by atoms with van der Waals surface area (Å²) in [6.07, 6.45) is 3.75. The average Bonchev–Trinajstić information content (AvgIpc) is 3.43. The van der Waals surface area contributed by atoms with Gasteiger partial charge in [-0.15, -0.1) is 0 Å². The lowest BCUT2D eigenvalue weighted by Crippen LogP contribution is -2.17. The van der Waals surface area contributed by atoms with Crippen molar-refractivity contribution < 1.29 is 0 Å². The maximum absolute atomic E-state index is 5.12. The number of nitrogens with zero attached hydrogens (tertiary/aromatic N) is 4. The first-order chi connectivity index (χ1) is 18.6. The van der Waals surface area contributed by atoms with Gasteiger partial charge in [-0.1, -0.05) is 92.7 Å². The van der Waals surface area contributed by atoms with Gasteiger partial charge in [-0.05, 0) is 40.5 Å². The summed E-state index contributed by atoms with van der Waals surface area (Å²) >= 11 is 0. The summed E-state index contributed by atoms with van der Waals surface area (Å²) in [5.41, 5.74) is 10.2. The van der Waals surface area contributed by atoms with Gasteiger partial charge in [0.1, 0.15) is 0 Å². The molecule has 1 aliphatic rings. The van der Waals surface area contributed by atoms with E-state index in [0.29, 0.717) is 5.95 Å². The molecule has 1 aliphatic carbocycles. The van der Waals surface area contributed by atoms with Crippen molar-refractivity contribution in [2.24, 2.45) is 0 Å². The van der Waals surface area contributed by atoms with Gasteiger partial charge in [-0.3, -0.25) is 9.55 Å². The third-order valence-corrected chi connectivity index (χ3v) is 8.09. The molecule has 3 heterocycles. The van der Waals surface area contributed by atoms with Crippen LogP contribution in [0, 0.1) is 0 Å². The van der Waals surface area contributed by atoms with Crippen molar-refractivity contribution in [2.45, 2.75) is 19.3 Å². The molecule has 4 nitrogen and oxygen atoms in total. The van der Waals surface area contributed by atoms with E-state index in [1.807, 2.05) is 42.7 Å². The third kappa shape index (κ3) is 2.77. The van der Waals surface area contributed by atoms with Gasteiger partial charge in [-0.2, -0.15) is 0 Å². The van der Waals surface area contributed by atoms with Crippen molar-refractivity contribution in [2.75, 3.05) is 0 Å². The minimum Gasteiger partial charge on any atom is -0.277 e. The number of pyridine rings is 1. The number of fused-ring (bicyclic) bond motifs is 9. The molecule has 0 N–H and O–H groups in total. The summed E-state index contributed by atoms with van der Waals surface area (Å²) in [5, 5.41) is 3.44. The van der Waals surface area contributed by atoms with E-state index in [4.69, 9.17) is 15.0 Å². The molecular weight excluding hydrogens is 464 g/mol. The van der Waals surface area contributed by atoms with Crippen LogP contribution < -0.4 is 0 Å². The van der Waals surface area contributed by atoms with Crippen molar-refractivity contribution >= 4 is 32.7 Å². The molecule has 0 amide bonds. The minimum atomic E-state index is -0.183. The van der Waals surface area contributed by atoms with Gasteiger partial charge in [-0.25, -0.2) is 9.97 Å². The highest BCUT2D eigenvalue weighted by Gasteiger charge is 2.38. The highest BCUT2D eigenvalue weighted by Crippen LogP contribution is 2.53. The zero-order valence-corrected chi connectivity index (χ0v) is 21.2. The van der Waals surface area contributed by atoms with Crippen molar-refractivity contribution in [1.29, 1.82) is 0 Å². The fourth-order valence-corrected chi connectivity index (χ4v) is 6.42. The average molecular weight is 489 g/mol. The first-order valence-electron chi connectivity index (χ1n) is 13.0. The lowest BCUT2D eigenvalue weighted by Gasteiger charge is -2.23. The Labute approximate surface area is 220 Å². The summed E-state index contributed by atoms with van der Waals surface area (Å²) in [6, 6.07) is 34.1. The second-order valence-electron chi connectivity index (χ2n) is 10.5. The van der Waals surface area contributed by atoms with Crippen molar-refractivity contribution in [3.63, 3.8) is 0 Å². The first-order valence-corrected chi connectivity index (χ1v) is 13.0. The fourth-order valence-electron chi connectivity index (χ4n) is 6.42. The van der Waals surface area contributed by atoms with Gasteiger partial charge in [0, 0.05) is 39.5 Å². The number of aromatic nitrogens is 4. The summed E-state index contributed by atoms with van der Waals surface area (Å²) < 4.78 is 2.26. The Hall–Kier alpha value is -4.83. The summed E-state index contributed by atoms with van der Waals surface area (Å²) in [4.78, 5) is 14.8. The van der Waals surface area contributed by atoms with Gasteiger partial charge in [0.2, 0.25) is 5.95 Å². The molecule has 8 rings (SSSR count). The minimum absolute atomic E-state index is 0.183. The highest BCUT2D eigenvalue weighted by atomic mass is 15.2. The van der Waals surface area contributed by atoms with Crippen LogP contribution in [0.2, 0.25) is 0 Å². The van der Waals surface area contributed by atoms with E-state index >= 15 is 0 Å². The maximum Gasteiger partial charge on any atom is 0.235 e. The summed E-state index contributed by atoms with van der Waals surface area (Å²) in [5.74, 6) is 0.668. The molecule has 0 aliphatic heterocycles. The zero-order valence-electron chi connectivity index (χ0n) is 21.2. The van der Waals surface area contributed by atoms with Crippen molar-refractivity contribution in [3.05, 3.63) is 121 Å². The Kier molecular flexibility index (Phi) is 4.25. The molecule has 0 bridgehead atoms. The van der Waals surface area contributed by atoms with Crippen LogP contribution in [0.4, 0.5) is 0 Å².